The van der Waals surface area contributed by atoms with Gasteiger partial charge >= 0.3 is 0 Å². The Bertz CT molecular complexity index is 4300. The monoisotopic (exact) mass is 1090 g/mol. The fourth-order valence-corrected chi connectivity index (χ4v) is 10.4. The third kappa shape index (κ3) is 12.0. The van der Waals surface area contributed by atoms with Crippen molar-refractivity contribution in [3.05, 3.63) is 259 Å². The van der Waals surface area contributed by atoms with Gasteiger partial charge in [-0.2, -0.15) is 0 Å². The molecule has 0 unspecified atom stereocenters. The van der Waals surface area contributed by atoms with Gasteiger partial charge in [0.15, 0.2) is 29.1 Å². The summed E-state index contributed by atoms with van der Waals surface area (Å²) in [7, 11) is 0. The van der Waals surface area contributed by atoms with Crippen molar-refractivity contribution in [3.63, 3.8) is 0 Å². The molecule has 0 fully saturated rings. The van der Waals surface area contributed by atoms with Crippen LogP contribution in [-0.4, -0.2) is 34.9 Å². The van der Waals surface area contributed by atoms with Gasteiger partial charge in [-0.25, -0.2) is 34.9 Å². The maximum absolute atomic E-state index is 5.27. The third-order valence-electron chi connectivity index (χ3n) is 15.5. The summed E-state index contributed by atoms with van der Waals surface area (Å²) < 4.78 is 0. The normalized spacial score (nSPS) is 11.9. The first-order valence-corrected chi connectivity index (χ1v) is 28.9. The zero-order valence-corrected chi connectivity index (χ0v) is 49.2. The Morgan fingerprint density at radius 3 is 0.917 bits per heavy atom. The number of nitrogens with zero attached hydrogens (tertiary/aromatic N) is 7. The Morgan fingerprint density at radius 2 is 0.452 bits per heavy atom. The van der Waals surface area contributed by atoms with Crippen LogP contribution < -0.4 is 0 Å². The van der Waals surface area contributed by atoms with Crippen LogP contribution in [0.4, 0.5) is 0 Å². The van der Waals surface area contributed by atoms with Crippen molar-refractivity contribution >= 4 is 0 Å². The summed E-state index contributed by atoms with van der Waals surface area (Å²) in [5.41, 5.74) is 20.3. The zero-order valence-electron chi connectivity index (χ0n) is 49.2. The average Bonchev–Trinajstić information content (AvgIpc) is 2.90. The first-order valence-electron chi connectivity index (χ1n) is 28.9. The maximum atomic E-state index is 5.27. The van der Waals surface area contributed by atoms with Crippen molar-refractivity contribution < 1.29 is 0 Å². The number of aromatic nitrogens is 7. The Morgan fingerprint density at radius 1 is 0.179 bits per heavy atom. The van der Waals surface area contributed by atoms with Crippen LogP contribution in [0.25, 0.3) is 124 Å². The molecular weight excluding hydrogens is 1020 g/mol. The van der Waals surface area contributed by atoms with E-state index in [2.05, 4.69) is 269 Å². The zero-order chi connectivity index (χ0) is 58.2. The first-order chi connectivity index (χ1) is 40.4. The van der Waals surface area contributed by atoms with E-state index in [-0.39, 0.29) is 16.2 Å². The molecule has 0 aliphatic heterocycles. The highest BCUT2D eigenvalue weighted by Crippen LogP contribution is 2.36. The summed E-state index contributed by atoms with van der Waals surface area (Å²) in [5.74, 6) is 3.23. The number of benzene rings is 9. The van der Waals surface area contributed by atoms with Crippen LogP contribution in [0.5, 0.6) is 0 Å². The van der Waals surface area contributed by atoms with Crippen LogP contribution in [0.2, 0.25) is 0 Å². The lowest BCUT2D eigenvalue weighted by molar-refractivity contribution is 0.590. The lowest BCUT2D eigenvalue weighted by Gasteiger charge is -2.20. The molecule has 0 aliphatic rings. The molecule has 0 aliphatic carbocycles. The molecule has 0 spiro atoms. The highest BCUT2D eigenvalue weighted by atomic mass is 15.0. The molecule has 9 aromatic carbocycles. The summed E-state index contributed by atoms with van der Waals surface area (Å²) in [6.45, 7) is 20.1. The summed E-state index contributed by atoms with van der Waals surface area (Å²) in [6.07, 6.45) is 0. The molecular formula is C77H67N7. The molecule has 0 radical (unpaired) electrons. The third-order valence-corrected chi connectivity index (χ3v) is 15.5. The van der Waals surface area contributed by atoms with Crippen LogP contribution in [0.3, 0.4) is 0 Å². The van der Waals surface area contributed by atoms with Gasteiger partial charge in [0.1, 0.15) is 0 Å². The highest BCUT2D eigenvalue weighted by molar-refractivity contribution is 5.79. The summed E-state index contributed by atoms with van der Waals surface area (Å²) in [5, 5.41) is 0. The van der Waals surface area contributed by atoms with Crippen molar-refractivity contribution in [1.82, 2.24) is 34.9 Å². The quantitative estimate of drug-likeness (QED) is 0.127. The maximum Gasteiger partial charge on any atom is 0.164 e. The van der Waals surface area contributed by atoms with Crippen molar-refractivity contribution in [2.45, 2.75) is 78.6 Å². The SMILES string of the molecule is CC(C)(C)c1ccc(-c2nc(-c3ccccc3)nc(-c3cccc(-c4ccc(-c5cc(-c6ccc(-c7ccc(-c8nc(-c9ccccc9)cc(-c9cccc(C(C)(C)C)c9)n8)cc7)cc6)nc(-c6cccc(C(C)(C)C)c6)n5)cc4)c3)n2)cc1. The van der Waals surface area contributed by atoms with Crippen molar-refractivity contribution in [2.24, 2.45) is 0 Å². The largest absolute Gasteiger partial charge is 0.228 e. The molecule has 7 nitrogen and oxygen atoms in total. The van der Waals surface area contributed by atoms with Crippen LogP contribution in [-0.2, 0) is 16.2 Å². The van der Waals surface area contributed by atoms with Gasteiger partial charge < -0.3 is 0 Å². The van der Waals surface area contributed by atoms with Gasteiger partial charge in [0.05, 0.1) is 22.8 Å². The van der Waals surface area contributed by atoms with Crippen molar-refractivity contribution in [1.29, 1.82) is 0 Å². The standard InChI is InChI=1S/C77H67N7/c1-75(2,3)63-43-41-58(42-44-63)72-82-71(56-21-14-11-15-22-56)83-74(84-72)61-25-16-23-59(45-61)52-31-37-55(38-32-52)68-48-67(79-73(80-68)62-26-18-28-65(47-62)77(7,8)9)54-35-29-50(30-36-54)51-33-39-57(40-34-51)70-78-66(53-19-12-10-13-20-53)49-69(81-70)60-24-17-27-64(46-60)76(4,5)6/h10-49H,1-9H3. The molecule has 12 rings (SSSR count). The number of hydrogen-bond acceptors (Lipinski definition) is 7. The molecule has 0 saturated carbocycles. The van der Waals surface area contributed by atoms with Gasteiger partial charge in [-0.05, 0) is 85.5 Å². The topological polar surface area (TPSA) is 90.2 Å². The van der Waals surface area contributed by atoms with Gasteiger partial charge in [-0.3, -0.25) is 0 Å². The molecule has 0 atom stereocenters. The first kappa shape index (κ1) is 54.7. The van der Waals surface area contributed by atoms with E-state index in [0.29, 0.717) is 29.1 Å². The molecule has 0 saturated heterocycles. The Balaban J connectivity index is 0.851. The van der Waals surface area contributed by atoms with Gasteiger partial charge in [-0.1, -0.05) is 275 Å². The molecule has 3 aromatic heterocycles. The average molecular weight is 1090 g/mol. The highest BCUT2D eigenvalue weighted by Gasteiger charge is 2.21. The van der Waals surface area contributed by atoms with Gasteiger partial charge in [0.25, 0.3) is 0 Å². The second-order valence-corrected chi connectivity index (χ2v) is 24.8. The van der Waals surface area contributed by atoms with E-state index in [0.717, 1.165) is 95.1 Å². The molecule has 3 heterocycles. The second-order valence-electron chi connectivity index (χ2n) is 24.8. The van der Waals surface area contributed by atoms with E-state index in [1.807, 2.05) is 36.4 Å². The van der Waals surface area contributed by atoms with Gasteiger partial charge in [-0.15, -0.1) is 0 Å². The Labute approximate surface area is 494 Å². The van der Waals surface area contributed by atoms with Crippen LogP contribution in [0, 0.1) is 0 Å². The number of hydrogen-bond donors (Lipinski definition) is 0. The van der Waals surface area contributed by atoms with E-state index in [1.54, 1.807) is 0 Å². The molecule has 84 heavy (non-hydrogen) atoms. The van der Waals surface area contributed by atoms with Crippen LogP contribution >= 0.6 is 0 Å². The second kappa shape index (κ2) is 22.5. The summed E-state index contributed by atoms with van der Waals surface area (Å²) in [6, 6.07) is 84.8. The molecule has 0 bridgehead atoms. The van der Waals surface area contributed by atoms with E-state index in [9.17, 15) is 0 Å². The van der Waals surface area contributed by atoms with Gasteiger partial charge in [0, 0.05) is 50.1 Å². The molecule has 410 valence electrons. The van der Waals surface area contributed by atoms with Gasteiger partial charge in [0.2, 0.25) is 0 Å². The van der Waals surface area contributed by atoms with Crippen LogP contribution in [0.1, 0.15) is 79.0 Å². The molecule has 12 aromatic rings. The summed E-state index contributed by atoms with van der Waals surface area (Å²) >= 11 is 0. The van der Waals surface area contributed by atoms with Crippen molar-refractivity contribution in [2.75, 3.05) is 0 Å². The Kier molecular flexibility index (Phi) is 14.6. The summed E-state index contributed by atoms with van der Waals surface area (Å²) in [4.78, 5) is 36.0. The minimum absolute atomic E-state index is 0.00664. The minimum atomic E-state index is -0.0488. The predicted octanol–water partition coefficient (Wildman–Crippen LogP) is 19.7. The predicted molar refractivity (Wildman–Crippen MR) is 347 cm³/mol. The number of rotatable bonds is 11. The van der Waals surface area contributed by atoms with E-state index in [1.165, 1.54) is 16.7 Å². The lowest BCUT2D eigenvalue weighted by Crippen LogP contribution is -2.11. The van der Waals surface area contributed by atoms with E-state index < -0.39 is 0 Å². The van der Waals surface area contributed by atoms with Crippen LogP contribution in [0.15, 0.2) is 243 Å². The molecule has 7 heteroatoms. The van der Waals surface area contributed by atoms with E-state index >= 15 is 0 Å². The molecule has 0 N–H and O–H groups in total. The molecule has 0 amide bonds. The smallest absolute Gasteiger partial charge is 0.164 e. The Hall–Kier alpha value is -9.85. The fraction of sp³-hybridized carbons (Fsp3) is 0.156. The minimum Gasteiger partial charge on any atom is -0.228 e. The van der Waals surface area contributed by atoms with E-state index in [4.69, 9.17) is 34.9 Å². The fourth-order valence-electron chi connectivity index (χ4n) is 10.4. The lowest BCUT2D eigenvalue weighted by atomic mass is 9.86. The van der Waals surface area contributed by atoms with Crippen molar-refractivity contribution in [3.8, 4) is 124 Å².